The van der Waals surface area contributed by atoms with Crippen molar-refractivity contribution < 1.29 is 68.8 Å². The zero-order valence-corrected chi connectivity index (χ0v) is 30.2. The molecule has 314 valence electrons. The van der Waals surface area contributed by atoms with Gasteiger partial charge in [-0.3, -0.25) is 14.4 Å². The predicted octanol–water partition coefficient (Wildman–Crippen LogP) is 5.30. The van der Waals surface area contributed by atoms with Gasteiger partial charge in [0.15, 0.2) is 0 Å². The van der Waals surface area contributed by atoms with E-state index >= 15 is 0 Å². The van der Waals surface area contributed by atoms with Gasteiger partial charge in [-0.25, -0.2) is 24.5 Å². The molecule has 3 N–H and O–H groups in total. The summed E-state index contributed by atoms with van der Waals surface area (Å²) in [7, 11) is 1.49. The smallest absolute Gasteiger partial charge is 0.475 e. The van der Waals surface area contributed by atoms with Crippen LogP contribution in [-0.2, 0) is 21.3 Å². The number of aliphatic carboxylic acids is 2. The Morgan fingerprint density at radius 2 is 1.60 bits per heavy atom. The van der Waals surface area contributed by atoms with Crippen LogP contribution in [0.15, 0.2) is 37.1 Å². The molecule has 25 heteroatoms. The number of amides is 1. The molecule has 0 spiro atoms. The summed E-state index contributed by atoms with van der Waals surface area (Å²) in [5.74, 6) is -7.80. The molecule has 1 amide bonds. The zero-order chi connectivity index (χ0) is 43.2. The lowest BCUT2D eigenvalue weighted by molar-refractivity contribution is -0.193. The normalized spacial score (nSPS) is 18.0. The van der Waals surface area contributed by atoms with Crippen LogP contribution in [0.25, 0.3) is 22.3 Å². The largest absolute Gasteiger partial charge is 0.490 e. The molecule has 2 fully saturated rings. The molecule has 1 saturated carbocycles. The van der Waals surface area contributed by atoms with Gasteiger partial charge in [-0.05, 0) is 38.7 Å². The summed E-state index contributed by atoms with van der Waals surface area (Å²) >= 11 is 0. The summed E-state index contributed by atoms with van der Waals surface area (Å²) in [5.41, 5.74) is 1.53. The van der Waals surface area contributed by atoms with Gasteiger partial charge in [0.25, 0.3) is 5.91 Å². The molecule has 4 aromatic rings. The number of hydrogen-bond acceptors (Lipinski definition) is 11. The third-order valence-electron chi connectivity index (χ3n) is 9.03. The van der Waals surface area contributed by atoms with Crippen molar-refractivity contribution in [3.63, 3.8) is 0 Å². The van der Waals surface area contributed by atoms with Crippen LogP contribution < -0.4 is 4.74 Å². The van der Waals surface area contributed by atoms with E-state index in [0.29, 0.717) is 38.9 Å². The molecule has 0 aromatic carbocycles. The van der Waals surface area contributed by atoms with E-state index in [2.05, 4.69) is 41.0 Å². The van der Waals surface area contributed by atoms with E-state index in [9.17, 15) is 49.6 Å². The summed E-state index contributed by atoms with van der Waals surface area (Å²) in [5, 5.41) is 29.4. The number of alkyl halides is 9. The fourth-order valence-corrected chi connectivity index (χ4v) is 6.02. The van der Waals surface area contributed by atoms with Crippen molar-refractivity contribution >= 4 is 28.9 Å². The quantitative estimate of drug-likeness (QED) is 0.192. The average molecular weight is 837 g/mol. The maximum atomic E-state index is 13.5. The van der Waals surface area contributed by atoms with Crippen molar-refractivity contribution in [3.05, 3.63) is 48.6 Å². The number of hydrogen-bond donors (Lipinski definition) is 3. The van der Waals surface area contributed by atoms with E-state index in [4.69, 9.17) is 24.5 Å². The van der Waals surface area contributed by atoms with Crippen molar-refractivity contribution in [2.75, 3.05) is 26.7 Å². The van der Waals surface area contributed by atoms with Crippen LogP contribution in [0.1, 0.15) is 55.3 Å². The Hall–Kier alpha value is -6.06. The molecule has 16 nitrogen and oxygen atoms in total. The van der Waals surface area contributed by atoms with Gasteiger partial charge in [-0.2, -0.15) is 54.9 Å². The lowest BCUT2D eigenvalue weighted by Crippen LogP contribution is -2.65. The maximum absolute atomic E-state index is 13.5. The molecule has 0 unspecified atom stereocenters. The molecule has 1 saturated heterocycles. The highest BCUT2D eigenvalue weighted by molar-refractivity contribution is 5.92. The van der Waals surface area contributed by atoms with Crippen LogP contribution in [-0.4, -0.2) is 124 Å². The van der Waals surface area contributed by atoms with Gasteiger partial charge in [0, 0.05) is 62.1 Å². The second kappa shape index (κ2) is 17.6. The fraction of sp³-hybridized carbons (Fsp3) is 0.485. The third kappa shape index (κ3) is 10.9. The first-order valence-electron chi connectivity index (χ1n) is 16.9. The number of nitrogens with one attached hydrogen (secondary N) is 1. The summed E-state index contributed by atoms with van der Waals surface area (Å²) in [6.07, 6.45) is -5.25. The van der Waals surface area contributed by atoms with Crippen molar-refractivity contribution in [1.29, 1.82) is 5.26 Å². The summed E-state index contributed by atoms with van der Waals surface area (Å²) < 4.78 is 112. The molecule has 4 aromatic heterocycles. The first kappa shape index (κ1) is 44.7. The van der Waals surface area contributed by atoms with Gasteiger partial charge in [-0.1, -0.05) is 0 Å². The Morgan fingerprint density at radius 3 is 2.14 bits per heavy atom. The third-order valence-corrected chi connectivity index (χ3v) is 9.03. The lowest BCUT2D eigenvalue weighted by Gasteiger charge is -2.53. The van der Waals surface area contributed by atoms with Crippen LogP contribution in [0, 0.1) is 11.3 Å². The maximum Gasteiger partial charge on any atom is 0.490 e. The molecule has 0 radical (unpaired) electrons. The molecule has 58 heavy (non-hydrogen) atoms. The first-order chi connectivity index (χ1) is 27.0. The molecule has 1 aliphatic carbocycles. The van der Waals surface area contributed by atoms with E-state index < -0.39 is 47.7 Å². The van der Waals surface area contributed by atoms with E-state index in [1.54, 1.807) is 13.1 Å². The topological polar surface area (TPSA) is 216 Å². The number of aromatic nitrogens is 7. The van der Waals surface area contributed by atoms with E-state index in [1.807, 2.05) is 23.1 Å². The molecular weight excluding hydrogens is 803 g/mol. The molecule has 0 atom stereocenters. The highest BCUT2D eigenvalue weighted by atomic mass is 19.4. The van der Waals surface area contributed by atoms with E-state index in [0.717, 1.165) is 35.1 Å². The summed E-state index contributed by atoms with van der Waals surface area (Å²) in [4.78, 5) is 52.7. The van der Waals surface area contributed by atoms with Gasteiger partial charge in [0.2, 0.25) is 11.7 Å². The Bertz CT molecular complexity index is 2090. The summed E-state index contributed by atoms with van der Waals surface area (Å²) in [6.45, 7) is 3.34. The number of carbonyl (C=O) groups excluding carboxylic acids is 1. The standard InChI is InChI=1S/C29H31F3N10O2.2C2HF3O2/c1-3-40(2)26(43)22-12-23(39-27(38-22)29(30,31)32)44-20-6-4-19(5-7-20)41-15-28(16-41,9-10-33)42-14-18(13-37-42)24-21-8-11-34-25(21)36-17-35-24;2*3-2(4,5)1(6)7/h8,11-14,17,19-20H,3-7,9,15-16H2,1-2H3,(H,34,35,36);2*(H,6,7)/t19-,20+;;. The monoisotopic (exact) mass is 836 g/mol. The Labute approximate surface area is 321 Å². The van der Waals surface area contributed by atoms with Crippen LogP contribution in [0.5, 0.6) is 5.88 Å². The SMILES string of the molecule is CCN(C)C(=O)c1cc(O[C@H]2CC[C@@H](N3CC(CC#N)(n4cc(-c5ncnc6[nH]ccc56)cn4)C3)CC2)nc(C(F)(F)F)n1.O=C(O)C(F)(F)F.O=C(O)C(F)(F)F. The number of carbonyl (C=O) groups is 3. The van der Waals surface area contributed by atoms with Gasteiger partial charge in [0.05, 0.1) is 24.4 Å². The second-order valence-electron chi connectivity index (χ2n) is 13.0. The Morgan fingerprint density at radius 1 is 1.00 bits per heavy atom. The van der Waals surface area contributed by atoms with Crippen LogP contribution in [0.2, 0.25) is 0 Å². The number of rotatable bonds is 8. The Balaban J connectivity index is 0.000000456. The average Bonchev–Trinajstić information content (AvgIpc) is 3.83. The summed E-state index contributed by atoms with van der Waals surface area (Å²) in [6, 6.07) is 5.66. The number of nitrogens with zero attached hydrogens (tertiary/aromatic N) is 9. The number of fused-ring (bicyclic) bond motifs is 1. The van der Waals surface area contributed by atoms with Crippen LogP contribution in [0.3, 0.4) is 0 Å². The van der Waals surface area contributed by atoms with Crippen molar-refractivity contribution in [2.24, 2.45) is 0 Å². The number of carboxylic acids is 2. The second-order valence-corrected chi connectivity index (χ2v) is 13.0. The molecule has 0 bridgehead atoms. The van der Waals surface area contributed by atoms with Crippen LogP contribution >= 0.6 is 0 Å². The highest BCUT2D eigenvalue weighted by Gasteiger charge is 2.48. The van der Waals surface area contributed by atoms with Crippen molar-refractivity contribution in [3.8, 4) is 23.2 Å². The zero-order valence-electron chi connectivity index (χ0n) is 30.2. The number of likely N-dealkylation sites (tertiary alicyclic amines) is 1. The van der Waals surface area contributed by atoms with E-state index in [-0.39, 0.29) is 23.7 Å². The van der Waals surface area contributed by atoms with Crippen molar-refractivity contribution in [1.82, 2.24) is 44.5 Å². The number of H-pyrrole nitrogens is 1. The highest BCUT2D eigenvalue weighted by Crippen LogP contribution is 2.39. The fourth-order valence-electron chi connectivity index (χ4n) is 6.02. The van der Waals surface area contributed by atoms with E-state index in [1.165, 1.54) is 24.3 Å². The lowest BCUT2D eigenvalue weighted by atomic mass is 9.82. The predicted molar refractivity (Wildman–Crippen MR) is 179 cm³/mol. The molecule has 5 heterocycles. The van der Waals surface area contributed by atoms with Gasteiger partial charge < -0.3 is 24.8 Å². The minimum atomic E-state index is -5.08. The number of carboxylic acid groups (broad SMARTS) is 2. The number of halogens is 9. The van der Waals surface area contributed by atoms with Gasteiger partial charge in [-0.15, -0.1) is 0 Å². The number of ether oxygens (including phenoxy) is 1. The molecule has 6 rings (SSSR count). The number of nitriles is 1. The molecule has 2 aliphatic rings. The van der Waals surface area contributed by atoms with Crippen LogP contribution in [0.4, 0.5) is 39.5 Å². The first-order valence-corrected chi connectivity index (χ1v) is 16.9. The minimum absolute atomic E-state index is 0.240. The molecule has 1 aliphatic heterocycles. The molecular formula is C33H33F9N10O6. The minimum Gasteiger partial charge on any atom is -0.475 e. The van der Waals surface area contributed by atoms with Gasteiger partial charge in [0.1, 0.15) is 29.3 Å². The Kier molecular flexibility index (Phi) is 13.6. The van der Waals surface area contributed by atoms with Crippen molar-refractivity contribution in [2.45, 2.75) is 75.2 Å². The number of aromatic amines is 1. The van der Waals surface area contributed by atoms with Gasteiger partial charge >= 0.3 is 30.5 Å².